The number of aliphatic hydroxyl groups excluding tert-OH is 1. The molecule has 0 aliphatic heterocycles. The zero-order valence-corrected chi connectivity index (χ0v) is 11.3. The fourth-order valence-corrected chi connectivity index (χ4v) is 1.78. The Bertz CT molecular complexity index is 355. The summed E-state index contributed by atoms with van der Waals surface area (Å²) in [4.78, 5) is 11.6. The van der Waals surface area contributed by atoms with Crippen molar-refractivity contribution in [3.05, 3.63) is 35.4 Å². The lowest BCUT2D eigenvalue weighted by Crippen LogP contribution is -2.36. The minimum absolute atomic E-state index is 0.00738. The molecule has 1 rings (SSSR count). The molecule has 1 aromatic rings. The predicted octanol–water partition coefficient (Wildman–Crippen LogP) is 2.07. The number of nitrogens with one attached hydrogen (secondary N) is 1. The number of benzene rings is 1. The Balaban J connectivity index is 2.37. The molecule has 2 N–H and O–H groups in total. The normalized spacial score (nSPS) is 12.2. The summed E-state index contributed by atoms with van der Waals surface area (Å²) < 4.78 is 0. The highest BCUT2D eigenvalue weighted by molar-refractivity contribution is 5.76. The summed E-state index contributed by atoms with van der Waals surface area (Å²) in [7, 11) is 0. The fraction of sp³-hybridized carbons (Fsp3) is 0.533. The van der Waals surface area contributed by atoms with Crippen molar-refractivity contribution >= 4 is 5.91 Å². The maximum absolute atomic E-state index is 11.6. The van der Waals surface area contributed by atoms with Crippen LogP contribution < -0.4 is 5.32 Å². The van der Waals surface area contributed by atoms with E-state index in [4.69, 9.17) is 5.11 Å². The van der Waals surface area contributed by atoms with Crippen LogP contribution >= 0.6 is 0 Å². The molecule has 1 atom stereocenters. The van der Waals surface area contributed by atoms with Gasteiger partial charge in [-0.25, -0.2) is 0 Å². The van der Waals surface area contributed by atoms with Crippen molar-refractivity contribution < 1.29 is 9.90 Å². The van der Waals surface area contributed by atoms with Gasteiger partial charge >= 0.3 is 0 Å². The Morgan fingerprint density at radius 1 is 1.22 bits per heavy atom. The zero-order chi connectivity index (χ0) is 13.4. The van der Waals surface area contributed by atoms with E-state index in [1.165, 1.54) is 11.1 Å². The highest BCUT2D eigenvalue weighted by Gasteiger charge is 2.08. The van der Waals surface area contributed by atoms with Crippen LogP contribution in [0, 0.1) is 0 Å². The van der Waals surface area contributed by atoms with Crippen LogP contribution in [0.2, 0.25) is 0 Å². The lowest BCUT2D eigenvalue weighted by Gasteiger charge is -2.13. The largest absolute Gasteiger partial charge is 0.394 e. The van der Waals surface area contributed by atoms with Gasteiger partial charge in [-0.2, -0.15) is 0 Å². The van der Waals surface area contributed by atoms with Crippen LogP contribution in [0.5, 0.6) is 0 Å². The molecule has 3 nitrogen and oxygen atoms in total. The Labute approximate surface area is 109 Å². The van der Waals surface area contributed by atoms with Crippen LogP contribution in [-0.2, 0) is 17.6 Å². The summed E-state index contributed by atoms with van der Waals surface area (Å²) in [6, 6.07) is 8.26. The van der Waals surface area contributed by atoms with Gasteiger partial charge in [0.05, 0.1) is 12.6 Å². The molecule has 3 heteroatoms. The van der Waals surface area contributed by atoms with Crippen molar-refractivity contribution in [1.29, 1.82) is 0 Å². The van der Waals surface area contributed by atoms with Crippen molar-refractivity contribution in [2.45, 2.75) is 45.6 Å². The summed E-state index contributed by atoms with van der Waals surface area (Å²) in [6.45, 7) is 4.08. The third-order valence-electron chi connectivity index (χ3n) is 3.15. The molecule has 0 saturated carbocycles. The molecule has 1 amide bonds. The van der Waals surface area contributed by atoms with Crippen molar-refractivity contribution in [2.24, 2.45) is 0 Å². The first kappa shape index (κ1) is 14.7. The van der Waals surface area contributed by atoms with Gasteiger partial charge in [0.1, 0.15) is 0 Å². The van der Waals surface area contributed by atoms with Crippen LogP contribution in [0.3, 0.4) is 0 Å². The molecule has 100 valence electrons. The minimum atomic E-state index is -0.111. The molecule has 0 spiro atoms. The number of rotatable bonds is 7. The van der Waals surface area contributed by atoms with E-state index in [0.29, 0.717) is 6.42 Å². The topological polar surface area (TPSA) is 49.3 Å². The molecule has 0 bridgehead atoms. The van der Waals surface area contributed by atoms with Crippen LogP contribution in [0.4, 0.5) is 0 Å². The molecule has 0 fully saturated rings. The minimum Gasteiger partial charge on any atom is -0.394 e. The summed E-state index contributed by atoms with van der Waals surface area (Å²) in [5.41, 5.74) is 2.49. The van der Waals surface area contributed by atoms with Crippen molar-refractivity contribution in [3.63, 3.8) is 0 Å². The van der Waals surface area contributed by atoms with Gasteiger partial charge in [-0.3, -0.25) is 4.79 Å². The van der Waals surface area contributed by atoms with Gasteiger partial charge in [-0.15, -0.1) is 0 Å². The molecule has 0 aliphatic rings. The van der Waals surface area contributed by atoms with Crippen LogP contribution in [0.15, 0.2) is 24.3 Å². The lowest BCUT2D eigenvalue weighted by atomic mass is 10.1. The van der Waals surface area contributed by atoms with Crippen LogP contribution in [0.1, 0.15) is 37.8 Å². The third-order valence-corrected chi connectivity index (χ3v) is 3.15. The van der Waals surface area contributed by atoms with E-state index < -0.39 is 0 Å². The summed E-state index contributed by atoms with van der Waals surface area (Å²) >= 11 is 0. The molecular weight excluding hydrogens is 226 g/mol. The summed E-state index contributed by atoms with van der Waals surface area (Å²) in [6.07, 6.45) is 3.02. The van der Waals surface area contributed by atoms with E-state index in [0.717, 1.165) is 19.3 Å². The number of aryl methyl sites for hydroxylation is 2. The third kappa shape index (κ3) is 4.88. The van der Waals surface area contributed by atoms with Gasteiger partial charge in [0.15, 0.2) is 0 Å². The smallest absolute Gasteiger partial charge is 0.220 e. The number of hydrogen-bond acceptors (Lipinski definition) is 2. The summed E-state index contributed by atoms with van der Waals surface area (Å²) in [5.74, 6) is 0.00969. The molecule has 0 heterocycles. The first-order valence-electron chi connectivity index (χ1n) is 6.67. The molecule has 0 aromatic heterocycles. The zero-order valence-electron chi connectivity index (χ0n) is 11.3. The second-order valence-corrected chi connectivity index (χ2v) is 4.53. The van der Waals surface area contributed by atoms with E-state index in [-0.39, 0.29) is 18.6 Å². The number of hydrogen-bond donors (Lipinski definition) is 2. The van der Waals surface area contributed by atoms with Gasteiger partial charge in [0.2, 0.25) is 5.91 Å². The van der Waals surface area contributed by atoms with Gasteiger partial charge < -0.3 is 10.4 Å². The van der Waals surface area contributed by atoms with Crippen molar-refractivity contribution in [1.82, 2.24) is 5.32 Å². The van der Waals surface area contributed by atoms with Crippen molar-refractivity contribution in [3.8, 4) is 0 Å². The SMILES string of the molecule is CCc1ccc(CCC(=O)N[C@@H](CC)CO)cc1. The first-order valence-corrected chi connectivity index (χ1v) is 6.67. The predicted molar refractivity (Wildman–Crippen MR) is 73.4 cm³/mol. The van der Waals surface area contributed by atoms with Crippen molar-refractivity contribution in [2.75, 3.05) is 6.61 Å². The maximum Gasteiger partial charge on any atom is 0.220 e. The molecule has 0 aliphatic carbocycles. The Hall–Kier alpha value is -1.35. The Morgan fingerprint density at radius 3 is 2.33 bits per heavy atom. The van der Waals surface area contributed by atoms with Gasteiger partial charge in [0, 0.05) is 6.42 Å². The second-order valence-electron chi connectivity index (χ2n) is 4.53. The standard InChI is InChI=1S/C15H23NO2/c1-3-12-5-7-13(8-6-12)9-10-15(18)16-14(4-2)11-17/h5-8,14,17H,3-4,9-11H2,1-2H3,(H,16,18)/t14-/m0/s1. The number of carbonyl (C=O) groups is 1. The van der Waals surface area contributed by atoms with E-state index in [9.17, 15) is 4.79 Å². The molecule has 1 aromatic carbocycles. The van der Waals surface area contributed by atoms with Gasteiger partial charge in [-0.05, 0) is 30.4 Å². The Kier molecular flexibility index (Phi) is 6.44. The number of amides is 1. The average Bonchev–Trinajstić information content (AvgIpc) is 2.43. The monoisotopic (exact) mass is 249 g/mol. The highest BCUT2D eigenvalue weighted by Crippen LogP contribution is 2.07. The second kappa shape index (κ2) is 7.88. The van der Waals surface area contributed by atoms with E-state index in [1.807, 2.05) is 6.92 Å². The van der Waals surface area contributed by atoms with Crippen LogP contribution in [-0.4, -0.2) is 23.7 Å². The number of carbonyl (C=O) groups excluding carboxylic acids is 1. The van der Waals surface area contributed by atoms with E-state index >= 15 is 0 Å². The quantitative estimate of drug-likeness (QED) is 0.777. The number of aliphatic hydroxyl groups is 1. The highest BCUT2D eigenvalue weighted by atomic mass is 16.3. The van der Waals surface area contributed by atoms with E-state index in [2.05, 4.69) is 36.5 Å². The first-order chi connectivity index (χ1) is 8.69. The van der Waals surface area contributed by atoms with Crippen LogP contribution in [0.25, 0.3) is 0 Å². The lowest BCUT2D eigenvalue weighted by molar-refractivity contribution is -0.122. The average molecular weight is 249 g/mol. The Morgan fingerprint density at radius 2 is 1.83 bits per heavy atom. The molecule has 18 heavy (non-hydrogen) atoms. The molecule has 0 unspecified atom stereocenters. The van der Waals surface area contributed by atoms with Gasteiger partial charge in [0.25, 0.3) is 0 Å². The van der Waals surface area contributed by atoms with E-state index in [1.54, 1.807) is 0 Å². The molecular formula is C15H23NO2. The van der Waals surface area contributed by atoms with Gasteiger partial charge in [-0.1, -0.05) is 38.1 Å². The molecule has 0 saturated heterocycles. The fourth-order valence-electron chi connectivity index (χ4n) is 1.78. The maximum atomic E-state index is 11.6. The molecule has 0 radical (unpaired) electrons. The summed E-state index contributed by atoms with van der Waals surface area (Å²) in [5, 5.41) is 11.8.